The number of aromatic nitrogens is 5. The Kier molecular flexibility index (Phi) is 4.57. The first-order chi connectivity index (χ1) is 10.8. The van der Waals surface area contributed by atoms with Crippen molar-refractivity contribution in [2.45, 2.75) is 44.1 Å². The summed E-state index contributed by atoms with van der Waals surface area (Å²) in [7, 11) is 0. The van der Waals surface area contributed by atoms with E-state index in [1.165, 1.54) is 11.8 Å². The number of furan rings is 1. The summed E-state index contributed by atoms with van der Waals surface area (Å²) in [5.41, 5.74) is 0. The monoisotopic (exact) mass is 319 g/mol. The summed E-state index contributed by atoms with van der Waals surface area (Å²) in [6.07, 6.45) is 3.47. The van der Waals surface area contributed by atoms with Crippen molar-refractivity contribution in [3.05, 3.63) is 30.1 Å². The molecule has 0 radical (unpaired) electrons. The highest BCUT2D eigenvalue weighted by atomic mass is 32.2. The van der Waals surface area contributed by atoms with Crippen LogP contribution in [0.15, 0.2) is 32.5 Å². The summed E-state index contributed by atoms with van der Waals surface area (Å²) in [6, 6.07) is 3.71. The van der Waals surface area contributed by atoms with Gasteiger partial charge in [-0.1, -0.05) is 23.8 Å². The van der Waals surface area contributed by atoms with Gasteiger partial charge >= 0.3 is 0 Å². The Hall–Kier alpha value is -2.09. The molecule has 0 aliphatic carbocycles. The summed E-state index contributed by atoms with van der Waals surface area (Å²) in [5.74, 6) is 3.38. The lowest BCUT2D eigenvalue weighted by Gasteiger charge is -2.04. The molecule has 0 unspecified atom stereocenters. The summed E-state index contributed by atoms with van der Waals surface area (Å²) in [6.45, 7) is 4.90. The standard InChI is InChI=1S/C14H17N5O2S/c1-3-6-11-15-12(21-18-11)9-22-14-17-16-13(19(14)4-2)10-7-5-8-20-10/h5,7-8H,3-4,6,9H2,1-2H3. The van der Waals surface area contributed by atoms with Crippen LogP contribution >= 0.6 is 11.8 Å². The summed E-state index contributed by atoms with van der Waals surface area (Å²) in [4.78, 5) is 4.35. The Morgan fingerprint density at radius 3 is 2.91 bits per heavy atom. The normalized spacial score (nSPS) is 11.2. The predicted molar refractivity (Wildman–Crippen MR) is 81.3 cm³/mol. The average molecular weight is 319 g/mol. The third-order valence-corrected chi connectivity index (χ3v) is 4.03. The molecule has 0 amide bonds. The molecule has 7 nitrogen and oxygen atoms in total. The summed E-state index contributed by atoms with van der Waals surface area (Å²) in [5, 5.41) is 13.2. The quantitative estimate of drug-likeness (QED) is 0.618. The van der Waals surface area contributed by atoms with Gasteiger partial charge in [0.25, 0.3) is 0 Å². The van der Waals surface area contributed by atoms with Gasteiger partial charge in [-0.05, 0) is 25.5 Å². The highest BCUT2D eigenvalue weighted by Crippen LogP contribution is 2.26. The second kappa shape index (κ2) is 6.78. The lowest BCUT2D eigenvalue weighted by atomic mass is 10.3. The Bertz CT molecular complexity index is 720. The molecule has 0 N–H and O–H groups in total. The van der Waals surface area contributed by atoms with Crippen LogP contribution in [0, 0.1) is 0 Å². The van der Waals surface area contributed by atoms with Crippen molar-refractivity contribution in [1.82, 2.24) is 24.9 Å². The van der Waals surface area contributed by atoms with Gasteiger partial charge in [0.05, 0.1) is 12.0 Å². The van der Waals surface area contributed by atoms with E-state index < -0.39 is 0 Å². The highest BCUT2D eigenvalue weighted by Gasteiger charge is 2.16. The zero-order valence-corrected chi connectivity index (χ0v) is 13.3. The fourth-order valence-electron chi connectivity index (χ4n) is 2.07. The molecule has 0 spiro atoms. The minimum Gasteiger partial charge on any atom is -0.461 e. The minimum atomic E-state index is 0.576. The van der Waals surface area contributed by atoms with E-state index in [1.807, 2.05) is 23.6 Å². The Labute approximate surface area is 132 Å². The molecule has 3 heterocycles. The molecule has 0 saturated carbocycles. The van der Waals surface area contributed by atoms with E-state index in [2.05, 4.69) is 27.3 Å². The third-order valence-electron chi connectivity index (χ3n) is 3.08. The highest BCUT2D eigenvalue weighted by molar-refractivity contribution is 7.98. The van der Waals surface area contributed by atoms with Crippen molar-refractivity contribution >= 4 is 11.8 Å². The van der Waals surface area contributed by atoms with Crippen molar-refractivity contribution in [2.75, 3.05) is 0 Å². The fourth-order valence-corrected chi connectivity index (χ4v) is 2.91. The second-order valence-corrected chi connectivity index (χ2v) is 5.61. The Morgan fingerprint density at radius 1 is 1.27 bits per heavy atom. The van der Waals surface area contributed by atoms with E-state index >= 15 is 0 Å². The van der Waals surface area contributed by atoms with Crippen molar-refractivity contribution in [3.63, 3.8) is 0 Å². The predicted octanol–water partition coefficient (Wildman–Crippen LogP) is 3.19. The lowest BCUT2D eigenvalue weighted by Crippen LogP contribution is -1.99. The van der Waals surface area contributed by atoms with Crippen LogP contribution in [0.4, 0.5) is 0 Å². The molecule has 0 aliphatic rings. The van der Waals surface area contributed by atoms with Crippen LogP contribution in [0.3, 0.4) is 0 Å². The number of thioether (sulfide) groups is 1. The van der Waals surface area contributed by atoms with E-state index in [1.54, 1.807) is 6.26 Å². The summed E-state index contributed by atoms with van der Waals surface area (Å²) < 4.78 is 12.6. The van der Waals surface area contributed by atoms with Gasteiger partial charge in [-0.2, -0.15) is 4.98 Å². The molecular weight excluding hydrogens is 302 g/mol. The molecule has 3 aromatic heterocycles. The molecule has 116 valence electrons. The number of rotatable bonds is 7. The topological polar surface area (TPSA) is 82.8 Å². The number of hydrogen-bond donors (Lipinski definition) is 0. The van der Waals surface area contributed by atoms with Crippen LogP contribution in [0.1, 0.15) is 32.0 Å². The Balaban J connectivity index is 1.72. The smallest absolute Gasteiger partial charge is 0.237 e. The molecule has 3 aromatic rings. The van der Waals surface area contributed by atoms with Gasteiger partial charge in [-0.25, -0.2) is 0 Å². The first-order valence-electron chi connectivity index (χ1n) is 7.23. The van der Waals surface area contributed by atoms with Gasteiger partial charge in [-0.15, -0.1) is 10.2 Å². The maximum Gasteiger partial charge on any atom is 0.237 e. The maximum absolute atomic E-state index is 5.39. The Morgan fingerprint density at radius 2 is 2.18 bits per heavy atom. The number of hydrogen-bond acceptors (Lipinski definition) is 7. The first kappa shape index (κ1) is 14.8. The maximum atomic E-state index is 5.39. The molecule has 3 rings (SSSR count). The fraction of sp³-hybridized carbons (Fsp3) is 0.429. The molecule has 0 fully saturated rings. The van der Waals surface area contributed by atoms with Gasteiger partial charge in [-0.3, -0.25) is 4.57 Å². The molecule has 0 saturated heterocycles. The molecule has 0 aliphatic heterocycles. The van der Waals surface area contributed by atoms with Gasteiger partial charge in [0.2, 0.25) is 5.89 Å². The minimum absolute atomic E-state index is 0.576. The molecule has 0 bridgehead atoms. The van der Waals surface area contributed by atoms with Crippen LogP contribution in [0.5, 0.6) is 0 Å². The van der Waals surface area contributed by atoms with Crippen molar-refractivity contribution in [3.8, 4) is 11.6 Å². The molecule has 0 aromatic carbocycles. The number of aryl methyl sites for hydroxylation is 1. The number of nitrogens with zero attached hydrogens (tertiary/aromatic N) is 5. The van der Waals surface area contributed by atoms with E-state index in [-0.39, 0.29) is 0 Å². The van der Waals surface area contributed by atoms with Crippen molar-refractivity contribution in [2.24, 2.45) is 0 Å². The van der Waals surface area contributed by atoms with Crippen LogP contribution in [0.25, 0.3) is 11.6 Å². The van der Waals surface area contributed by atoms with E-state index in [4.69, 9.17) is 8.94 Å². The van der Waals surface area contributed by atoms with E-state index in [9.17, 15) is 0 Å². The zero-order chi connectivity index (χ0) is 15.4. The van der Waals surface area contributed by atoms with Crippen LogP contribution in [-0.4, -0.2) is 24.9 Å². The molecule has 8 heteroatoms. The van der Waals surface area contributed by atoms with Gasteiger partial charge < -0.3 is 8.94 Å². The van der Waals surface area contributed by atoms with Gasteiger partial charge in [0.1, 0.15) is 0 Å². The first-order valence-corrected chi connectivity index (χ1v) is 8.21. The van der Waals surface area contributed by atoms with Crippen LogP contribution < -0.4 is 0 Å². The van der Waals surface area contributed by atoms with E-state index in [0.29, 0.717) is 17.4 Å². The molecular formula is C14H17N5O2S. The molecule has 22 heavy (non-hydrogen) atoms. The largest absolute Gasteiger partial charge is 0.461 e. The second-order valence-electron chi connectivity index (χ2n) is 4.67. The third kappa shape index (κ3) is 3.06. The van der Waals surface area contributed by atoms with Crippen molar-refractivity contribution < 1.29 is 8.94 Å². The van der Waals surface area contributed by atoms with Gasteiger partial charge in [0.15, 0.2) is 22.6 Å². The molecule has 0 atom stereocenters. The zero-order valence-electron chi connectivity index (χ0n) is 12.5. The van der Waals surface area contributed by atoms with Crippen LogP contribution in [0.2, 0.25) is 0 Å². The van der Waals surface area contributed by atoms with E-state index in [0.717, 1.165) is 36.2 Å². The average Bonchev–Trinajstić information content (AvgIpc) is 3.25. The SMILES string of the molecule is CCCc1noc(CSc2nnc(-c3ccco3)n2CC)n1. The van der Waals surface area contributed by atoms with Crippen LogP contribution in [-0.2, 0) is 18.7 Å². The summed E-state index contributed by atoms with van der Waals surface area (Å²) >= 11 is 1.53. The lowest BCUT2D eigenvalue weighted by molar-refractivity contribution is 0.384. The van der Waals surface area contributed by atoms with Crippen molar-refractivity contribution in [1.29, 1.82) is 0 Å². The van der Waals surface area contributed by atoms with Gasteiger partial charge in [0, 0.05) is 13.0 Å².